The number of hydrogen-bond acceptors (Lipinski definition) is 4. The van der Waals surface area contributed by atoms with Gasteiger partial charge in [-0.25, -0.2) is 0 Å². The van der Waals surface area contributed by atoms with Gasteiger partial charge < -0.3 is 10.2 Å². The Labute approximate surface area is 181 Å². The molecule has 2 aromatic carbocycles. The lowest BCUT2D eigenvalue weighted by Gasteiger charge is -2.46. The van der Waals surface area contributed by atoms with Crippen LogP contribution in [0.1, 0.15) is 71.8 Å². The number of nitro benzene ring substituents is 1. The molecule has 6 heteroatoms. The predicted molar refractivity (Wildman–Crippen MR) is 120 cm³/mol. The van der Waals surface area contributed by atoms with Gasteiger partial charge in [0.15, 0.2) is 0 Å². The number of carbonyl (C=O) groups excluding carboxylic acids is 1. The van der Waals surface area contributed by atoms with Gasteiger partial charge in [0.1, 0.15) is 0 Å². The molecule has 6 rings (SSSR count). The summed E-state index contributed by atoms with van der Waals surface area (Å²) in [7, 11) is 0. The third-order valence-corrected chi connectivity index (χ3v) is 8.09. The standard InChI is InChI=1S/C25H27N3O3/c29-25(15-4-1-7-19(10-15)28(30)31)26-18-11-22-20-8-2-5-16(20)13-27-14-17-6-3-9-21(17)23(12-18)24(22)27/h1,4,7,10-12,16-17,20-21H,2-3,5-6,8-9,13-14H2,(H,26,29). The van der Waals surface area contributed by atoms with Crippen molar-refractivity contribution in [1.82, 2.24) is 0 Å². The van der Waals surface area contributed by atoms with Crippen LogP contribution in [-0.4, -0.2) is 23.9 Å². The van der Waals surface area contributed by atoms with Crippen molar-refractivity contribution in [2.24, 2.45) is 11.8 Å². The molecule has 31 heavy (non-hydrogen) atoms. The maximum atomic E-state index is 12.9. The fourth-order valence-corrected chi connectivity index (χ4v) is 6.80. The number of anilines is 2. The molecule has 2 aliphatic carbocycles. The normalized spacial score (nSPS) is 27.9. The zero-order chi connectivity index (χ0) is 21.1. The molecule has 4 aliphatic rings. The summed E-state index contributed by atoms with van der Waals surface area (Å²) in [6.45, 7) is 2.38. The lowest BCUT2D eigenvalue weighted by atomic mass is 9.75. The molecule has 2 aromatic rings. The van der Waals surface area contributed by atoms with Gasteiger partial charge in [-0.15, -0.1) is 0 Å². The second-order valence-electron chi connectivity index (χ2n) is 9.76. The highest BCUT2D eigenvalue weighted by Crippen LogP contribution is 2.56. The number of carbonyl (C=O) groups is 1. The first-order valence-electron chi connectivity index (χ1n) is 11.6. The summed E-state index contributed by atoms with van der Waals surface area (Å²) in [5, 5.41) is 14.2. The largest absolute Gasteiger partial charge is 0.370 e. The minimum absolute atomic E-state index is 0.0635. The highest BCUT2D eigenvalue weighted by atomic mass is 16.6. The molecule has 2 saturated carbocycles. The summed E-state index contributed by atoms with van der Waals surface area (Å²) in [6, 6.07) is 10.3. The van der Waals surface area contributed by atoms with Crippen LogP contribution in [0.3, 0.4) is 0 Å². The smallest absolute Gasteiger partial charge is 0.270 e. The summed E-state index contributed by atoms with van der Waals surface area (Å²) in [6.07, 6.45) is 7.65. The van der Waals surface area contributed by atoms with Crippen LogP contribution in [0.25, 0.3) is 0 Å². The van der Waals surface area contributed by atoms with Crippen LogP contribution in [0.4, 0.5) is 17.1 Å². The number of nitrogens with one attached hydrogen (secondary N) is 1. The number of nitro groups is 1. The highest BCUT2D eigenvalue weighted by molar-refractivity contribution is 6.05. The molecule has 160 valence electrons. The van der Waals surface area contributed by atoms with Gasteiger partial charge >= 0.3 is 0 Å². The van der Waals surface area contributed by atoms with Crippen molar-refractivity contribution >= 4 is 23.0 Å². The zero-order valence-corrected chi connectivity index (χ0v) is 17.5. The summed E-state index contributed by atoms with van der Waals surface area (Å²) < 4.78 is 0. The molecule has 4 unspecified atom stereocenters. The Morgan fingerprint density at radius 1 is 0.968 bits per heavy atom. The number of benzene rings is 2. The summed E-state index contributed by atoms with van der Waals surface area (Å²) in [5.74, 6) is 2.35. The van der Waals surface area contributed by atoms with Gasteiger partial charge in [-0.1, -0.05) is 18.9 Å². The van der Waals surface area contributed by atoms with Gasteiger partial charge in [0.2, 0.25) is 0 Å². The first kappa shape index (κ1) is 18.8. The van der Waals surface area contributed by atoms with E-state index < -0.39 is 4.92 Å². The van der Waals surface area contributed by atoms with Gasteiger partial charge in [0, 0.05) is 42.2 Å². The molecule has 2 aliphatic heterocycles. The molecule has 0 saturated heterocycles. The highest BCUT2D eigenvalue weighted by Gasteiger charge is 2.44. The van der Waals surface area contributed by atoms with E-state index in [9.17, 15) is 14.9 Å². The van der Waals surface area contributed by atoms with Crippen molar-refractivity contribution in [3.8, 4) is 0 Å². The van der Waals surface area contributed by atoms with E-state index in [1.807, 2.05) is 0 Å². The predicted octanol–water partition coefficient (Wildman–Crippen LogP) is 5.45. The number of non-ortho nitro benzene ring substituents is 1. The third-order valence-electron chi connectivity index (χ3n) is 8.09. The number of amides is 1. The quantitative estimate of drug-likeness (QED) is 0.532. The van der Waals surface area contributed by atoms with Crippen molar-refractivity contribution in [2.45, 2.75) is 50.4 Å². The van der Waals surface area contributed by atoms with Crippen LogP contribution >= 0.6 is 0 Å². The molecular weight excluding hydrogens is 390 g/mol. The number of fused-ring (bicyclic) bond motifs is 4. The van der Waals surface area contributed by atoms with Crippen molar-refractivity contribution < 1.29 is 9.72 Å². The average Bonchev–Trinajstić information content (AvgIpc) is 3.43. The van der Waals surface area contributed by atoms with E-state index in [1.54, 1.807) is 12.1 Å². The van der Waals surface area contributed by atoms with Gasteiger partial charge in [-0.3, -0.25) is 14.9 Å². The lowest BCUT2D eigenvalue weighted by molar-refractivity contribution is -0.384. The van der Waals surface area contributed by atoms with Crippen molar-refractivity contribution in [2.75, 3.05) is 23.3 Å². The first-order chi connectivity index (χ1) is 15.1. The fourth-order valence-electron chi connectivity index (χ4n) is 6.80. The molecule has 0 spiro atoms. The Kier molecular flexibility index (Phi) is 4.30. The SMILES string of the molecule is O=C(Nc1cc2c3c(c1)C1CCCC1CN3CC1CCCC21)c1cccc([N+](=O)[O-])c1. The van der Waals surface area contributed by atoms with Crippen LogP contribution in [0.2, 0.25) is 0 Å². The summed E-state index contributed by atoms with van der Waals surface area (Å²) in [4.78, 5) is 26.2. The first-order valence-corrected chi connectivity index (χ1v) is 11.6. The van der Waals surface area contributed by atoms with E-state index in [0.717, 1.165) is 17.5 Å². The maximum Gasteiger partial charge on any atom is 0.270 e. The molecule has 1 amide bonds. The minimum Gasteiger partial charge on any atom is -0.370 e. The Morgan fingerprint density at radius 2 is 1.61 bits per heavy atom. The number of hydrogen-bond donors (Lipinski definition) is 1. The second-order valence-corrected chi connectivity index (χ2v) is 9.76. The van der Waals surface area contributed by atoms with Crippen LogP contribution in [-0.2, 0) is 0 Å². The van der Waals surface area contributed by atoms with Crippen molar-refractivity contribution in [3.63, 3.8) is 0 Å². The van der Waals surface area contributed by atoms with Gasteiger partial charge in [-0.2, -0.15) is 0 Å². The Morgan fingerprint density at radius 3 is 2.23 bits per heavy atom. The van der Waals surface area contributed by atoms with Gasteiger partial charge in [0.05, 0.1) is 4.92 Å². The third kappa shape index (κ3) is 3.03. The topological polar surface area (TPSA) is 75.5 Å². The van der Waals surface area contributed by atoms with E-state index >= 15 is 0 Å². The van der Waals surface area contributed by atoms with Crippen LogP contribution in [0.15, 0.2) is 36.4 Å². The van der Waals surface area contributed by atoms with E-state index in [4.69, 9.17) is 0 Å². The second kappa shape index (κ2) is 7.08. The fraction of sp³-hybridized carbons (Fsp3) is 0.480. The minimum atomic E-state index is -0.463. The molecule has 4 atom stereocenters. The molecule has 2 heterocycles. The van der Waals surface area contributed by atoms with Gasteiger partial charge in [-0.05, 0) is 78.7 Å². The van der Waals surface area contributed by atoms with E-state index in [0.29, 0.717) is 17.4 Å². The lowest BCUT2D eigenvalue weighted by Crippen LogP contribution is -2.43. The number of rotatable bonds is 3. The van der Waals surface area contributed by atoms with E-state index in [2.05, 4.69) is 22.3 Å². The maximum absolute atomic E-state index is 12.9. The van der Waals surface area contributed by atoms with E-state index in [1.165, 1.54) is 80.6 Å². The van der Waals surface area contributed by atoms with E-state index in [-0.39, 0.29) is 11.6 Å². The molecule has 2 fully saturated rings. The molecule has 0 bridgehead atoms. The number of nitrogens with zero attached hydrogens (tertiary/aromatic N) is 2. The van der Waals surface area contributed by atoms with Crippen molar-refractivity contribution in [3.05, 3.63) is 63.2 Å². The summed E-state index contributed by atoms with van der Waals surface area (Å²) >= 11 is 0. The average molecular weight is 418 g/mol. The Hall–Kier alpha value is -2.89. The Balaban J connectivity index is 1.39. The Bertz CT molecular complexity index is 1040. The monoisotopic (exact) mass is 417 g/mol. The summed E-state index contributed by atoms with van der Waals surface area (Å²) in [5.41, 5.74) is 5.40. The van der Waals surface area contributed by atoms with Crippen LogP contribution in [0, 0.1) is 22.0 Å². The van der Waals surface area contributed by atoms with Crippen LogP contribution < -0.4 is 10.2 Å². The molecule has 0 aromatic heterocycles. The van der Waals surface area contributed by atoms with Crippen LogP contribution in [0.5, 0.6) is 0 Å². The molecular formula is C25H27N3O3. The van der Waals surface area contributed by atoms with Crippen molar-refractivity contribution in [1.29, 1.82) is 0 Å². The molecule has 0 radical (unpaired) electrons. The zero-order valence-electron chi connectivity index (χ0n) is 17.5. The van der Waals surface area contributed by atoms with Gasteiger partial charge in [0.25, 0.3) is 11.6 Å². The molecule has 6 nitrogen and oxygen atoms in total. The molecule has 1 N–H and O–H groups in total.